The van der Waals surface area contributed by atoms with Gasteiger partial charge in [0.15, 0.2) is 0 Å². The summed E-state index contributed by atoms with van der Waals surface area (Å²) in [6.45, 7) is -0.0528. The molecule has 6 heteroatoms. The highest BCUT2D eigenvalue weighted by atomic mass is 19.1. The molecule has 5 nitrogen and oxygen atoms in total. The standard InChI is InChI=1S/C11H10FN5/c12-11-9(5-14-16-13)15-10-4-3-8(6-17(10)11)7-1-2-7/h3-4,6-7H,1-2,5H2. The van der Waals surface area contributed by atoms with E-state index in [-0.39, 0.29) is 12.2 Å². The maximum absolute atomic E-state index is 13.9. The molecule has 86 valence electrons. The molecule has 17 heavy (non-hydrogen) atoms. The zero-order valence-electron chi connectivity index (χ0n) is 9.04. The van der Waals surface area contributed by atoms with E-state index in [9.17, 15) is 4.39 Å². The minimum Gasteiger partial charge on any atom is -0.276 e. The summed E-state index contributed by atoms with van der Waals surface area (Å²) >= 11 is 0. The van der Waals surface area contributed by atoms with Gasteiger partial charge >= 0.3 is 0 Å². The van der Waals surface area contributed by atoms with Crippen LogP contribution in [0.2, 0.25) is 0 Å². The largest absolute Gasteiger partial charge is 0.276 e. The van der Waals surface area contributed by atoms with E-state index >= 15 is 0 Å². The number of azide groups is 1. The quantitative estimate of drug-likeness (QED) is 0.454. The topological polar surface area (TPSA) is 66.1 Å². The number of hydrogen-bond acceptors (Lipinski definition) is 2. The van der Waals surface area contributed by atoms with Gasteiger partial charge in [0.25, 0.3) is 0 Å². The van der Waals surface area contributed by atoms with Gasteiger partial charge in [-0.15, -0.1) is 0 Å². The highest BCUT2D eigenvalue weighted by Gasteiger charge is 2.24. The van der Waals surface area contributed by atoms with E-state index in [2.05, 4.69) is 15.0 Å². The van der Waals surface area contributed by atoms with Crippen LogP contribution in [0, 0.1) is 5.95 Å². The Balaban J connectivity index is 2.08. The van der Waals surface area contributed by atoms with Crippen LogP contribution in [0.3, 0.4) is 0 Å². The number of rotatable bonds is 3. The lowest BCUT2D eigenvalue weighted by atomic mass is 10.2. The van der Waals surface area contributed by atoms with Gasteiger partial charge in [-0.25, -0.2) is 4.98 Å². The molecule has 0 aliphatic heterocycles. The van der Waals surface area contributed by atoms with Gasteiger partial charge in [-0.05, 0) is 35.9 Å². The Hall–Kier alpha value is -2.07. The lowest BCUT2D eigenvalue weighted by molar-refractivity contribution is 0.556. The van der Waals surface area contributed by atoms with Crippen molar-refractivity contribution in [1.29, 1.82) is 0 Å². The summed E-state index contributed by atoms with van der Waals surface area (Å²) in [6, 6.07) is 3.78. The molecule has 0 bridgehead atoms. The first kappa shape index (κ1) is 10.1. The Morgan fingerprint density at radius 3 is 3.06 bits per heavy atom. The average molecular weight is 231 g/mol. The molecule has 0 amide bonds. The Bertz CT molecular complexity index is 622. The van der Waals surface area contributed by atoms with Crippen molar-refractivity contribution in [2.75, 3.05) is 0 Å². The lowest BCUT2D eigenvalue weighted by Gasteiger charge is -1.99. The van der Waals surface area contributed by atoms with Crippen molar-refractivity contribution in [1.82, 2.24) is 9.38 Å². The maximum atomic E-state index is 13.9. The fraction of sp³-hybridized carbons (Fsp3) is 0.364. The van der Waals surface area contributed by atoms with Gasteiger partial charge in [0.05, 0.1) is 6.54 Å². The molecule has 1 fully saturated rings. The molecule has 0 saturated heterocycles. The van der Waals surface area contributed by atoms with Crippen molar-refractivity contribution in [3.63, 3.8) is 0 Å². The first-order valence-corrected chi connectivity index (χ1v) is 5.47. The molecule has 0 radical (unpaired) electrons. The molecule has 1 aliphatic rings. The molecule has 1 aliphatic carbocycles. The molecule has 1 saturated carbocycles. The summed E-state index contributed by atoms with van der Waals surface area (Å²) in [4.78, 5) is 6.70. The zero-order valence-corrected chi connectivity index (χ0v) is 9.04. The molecule has 2 aromatic rings. The van der Waals surface area contributed by atoms with Crippen molar-refractivity contribution in [3.8, 4) is 0 Å². The van der Waals surface area contributed by atoms with Gasteiger partial charge in [-0.3, -0.25) is 4.40 Å². The van der Waals surface area contributed by atoms with Crippen molar-refractivity contribution >= 4 is 5.65 Å². The van der Waals surface area contributed by atoms with Crippen molar-refractivity contribution in [3.05, 3.63) is 46.0 Å². The molecule has 0 N–H and O–H groups in total. The van der Waals surface area contributed by atoms with E-state index in [4.69, 9.17) is 5.53 Å². The van der Waals surface area contributed by atoms with E-state index in [1.807, 2.05) is 6.07 Å². The van der Waals surface area contributed by atoms with E-state index in [1.54, 1.807) is 12.3 Å². The molecular formula is C11H10FN5. The Kier molecular flexibility index (Phi) is 2.23. The monoisotopic (exact) mass is 231 g/mol. The van der Waals surface area contributed by atoms with Crippen LogP contribution in [0.5, 0.6) is 0 Å². The summed E-state index contributed by atoms with van der Waals surface area (Å²) in [6.07, 6.45) is 4.13. The molecular weight excluding hydrogens is 221 g/mol. The number of fused-ring (bicyclic) bond motifs is 1. The number of aromatic nitrogens is 2. The number of hydrogen-bond donors (Lipinski definition) is 0. The minimum atomic E-state index is -0.435. The Morgan fingerprint density at radius 2 is 2.35 bits per heavy atom. The highest BCUT2D eigenvalue weighted by Crippen LogP contribution is 2.40. The van der Waals surface area contributed by atoms with Gasteiger partial charge < -0.3 is 0 Å². The van der Waals surface area contributed by atoms with Gasteiger partial charge in [-0.2, -0.15) is 4.39 Å². The maximum Gasteiger partial charge on any atom is 0.221 e. The lowest BCUT2D eigenvalue weighted by Crippen LogP contribution is -1.92. The normalized spacial score (nSPS) is 14.9. The summed E-state index contributed by atoms with van der Waals surface area (Å²) in [5.41, 5.74) is 10.1. The van der Waals surface area contributed by atoms with Crippen LogP contribution in [0.1, 0.15) is 30.0 Å². The van der Waals surface area contributed by atoms with E-state index in [1.165, 1.54) is 17.2 Å². The summed E-state index contributed by atoms with van der Waals surface area (Å²) in [5, 5.41) is 3.33. The van der Waals surface area contributed by atoms with Crippen molar-refractivity contribution in [2.24, 2.45) is 5.11 Å². The van der Waals surface area contributed by atoms with Crippen molar-refractivity contribution < 1.29 is 4.39 Å². The molecule has 0 atom stereocenters. The third-order valence-corrected chi connectivity index (χ3v) is 2.98. The highest BCUT2D eigenvalue weighted by molar-refractivity contribution is 5.43. The molecule has 0 aromatic carbocycles. The predicted molar refractivity (Wildman–Crippen MR) is 60.0 cm³/mol. The number of halogens is 1. The van der Waals surface area contributed by atoms with Crippen LogP contribution >= 0.6 is 0 Å². The second kappa shape index (κ2) is 3.75. The third-order valence-electron chi connectivity index (χ3n) is 2.98. The van der Waals surface area contributed by atoms with E-state index < -0.39 is 5.95 Å². The molecule has 2 aromatic heterocycles. The second-order valence-electron chi connectivity index (χ2n) is 4.20. The van der Waals surface area contributed by atoms with Crippen LogP contribution in [0.25, 0.3) is 16.1 Å². The fourth-order valence-electron chi connectivity index (χ4n) is 1.94. The Labute approximate surface area is 96.5 Å². The second-order valence-corrected chi connectivity index (χ2v) is 4.20. The van der Waals surface area contributed by atoms with E-state index in [0.717, 1.165) is 5.56 Å². The number of pyridine rings is 1. The van der Waals surface area contributed by atoms with Crippen LogP contribution < -0.4 is 0 Å². The Morgan fingerprint density at radius 1 is 1.53 bits per heavy atom. The predicted octanol–water partition coefficient (Wildman–Crippen LogP) is 3.16. The van der Waals surface area contributed by atoms with Crippen molar-refractivity contribution in [2.45, 2.75) is 25.3 Å². The van der Waals surface area contributed by atoms with E-state index in [0.29, 0.717) is 11.6 Å². The summed E-state index contributed by atoms with van der Waals surface area (Å²) in [5.74, 6) is 0.136. The average Bonchev–Trinajstić information content (AvgIpc) is 3.14. The van der Waals surface area contributed by atoms with Gasteiger partial charge in [0, 0.05) is 11.1 Å². The van der Waals surface area contributed by atoms with Crippen LogP contribution in [0.4, 0.5) is 4.39 Å². The van der Waals surface area contributed by atoms with Gasteiger partial charge in [0.2, 0.25) is 5.95 Å². The summed E-state index contributed by atoms with van der Waals surface area (Å²) < 4.78 is 15.4. The van der Waals surface area contributed by atoms with Crippen LogP contribution in [0.15, 0.2) is 23.4 Å². The number of imidazole rings is 1. The molecule has 2 heterocycles. The molecule has 0 unspecified atom stereocenters. The molecule has 3 rings (SSSR count). The summed E-state index contributed by atoms with van der Waals surface area (Å²) in [7, 11) is 0. The molecule has 0 spiro atoms. The van der Waals surface area contributed by atoms with Gasteiger partial charge in [-0.1, -0.05) is 11.2 Å². The minimum absolute atomic E-state index is 0.0528. The zero-order chi connectivity index (χ0) is 11.8. The first-order chi connectivity index (χ1) is 8.29. The SMILES string of the molecule is [N-]=[N+]=NCc1nc2ccc(C3CC3)cn2c1F. The van der Waals surface area contributed by atoms with Gasteiger partial charge in [0.1, 0.15) is 11.3 Å². The first-order valence-electron chi connectivity index (χ1n) is 5.47. The smallest absolute Gasteiger partial charge is 0.221 e. The fourth-order valence-corrected chi connectivity index (χ4v) is 1.94. The van der Waals surface area contributed by atoms with Crippen LogP contribution in [-0.4, -0.2) is 9.38 Å². The third kappa shape index (κ3) is 1.72. The van der Waals surface area contributed by atoms with Crippen LogP contribution in [-0.2, 0) is 6.54 Å². The number of nitrogens with zero attached hydrogens (tertiary/aromatic N) is 5.